The van der Waals surface area contributed by atoms with E-state index in [1.165, 1.54) is 0 Å². The molecule has 0 aliphatic carbocycles. The van der Waals surface area contributed by atoms with E-state index in [-0.39, 0.29) is 12.1 Å². The van der Waals surface area contributed by atoms with Gasteiger partial charge in [-0.2, -0.15) is 0 Å². The van der Waals surface area contributed by atoms with Crippen LogP contribution in [-0.4, -0.2) is 99.4 Å². The molecule has 6 aromatic rings. The van der Waals surface area contributed by atoms with Crippen molar-refractivity contribution in [3.05, 3.63) is 67.4 Å². The summed E-state index contributed by atoms with van der Waals surface area (Å²) in [4.78, 5) is 39.8. The van der Waals surface area contributed by atoms with E-state index in [1.807, 2.05) is 48.4 Å². The molecule has 0 radical (unpaired) electrons. The molecule has 8 heterocycles. The average Bonchev–Trinajstić information content (AvgIpc) is 3.80. The van der Waals surface area contributed by atoms with Crippen LogP contribution in [0.2, 0.25) is 0 Å². The fraction of sp³-hybridized carbons (Fsp3) is 0.375. The third-order valence-corrected chi connectivity index (χ3v) is 9.50. The molecule has 246 valence electrons. The maximum atomic E-state index is 7.01. The summed E-state index contributed by atoms with van der Waals surface area (Å²) in [6.07, 6.45) is 18.4. The van der Waals surface area contributed by atoms with Crippen LogP contribution in [0.3, 0.4) is 0 Å². The summed E-state index contributed by atoms with van der Waals surface area (Å²) in [5, 5.41) is 11.3. The van der Waals surface area contributed by atoms with Crippen molar-refractivity contribution >= 4 is 29.0 Å². The number of hydrogen-bond donors (Lipinski definition) is 4. The molecule has 8 rings (SSSR count). The lowest BCUT2D eigenvalue weighted by molar-refractivity contribution is 0.0647. The number of fused-ring (bicyclic) bond motifs is 2. The quantitative estimate of drug-likeness (QED) is 0.140. The van der Waals surface area contributed by atoms with Gasteiger partial charge in [0.1, 0.15) is 5.69 Å². The highest BCUT2D eigenvalue weighted by Gasteiger charge is 2.39. The van der Waals surface area contributed by atoms with Gasteiger partial charge in [-0.3, -0.25) is 23.7 Å². The Morgan fingerprint density at radius 2 is 1.40 bits per heavy atom. The van der Waals surface area contributed by atoms with E-state index >= 15 is 0 Å². The van der Waals surface area contributed by atoms with Gasteiger partial charge >= 0.3 is 0 Å². The predicted octanol–water partition coefficient (Wildman–Crippen LogP) is 2.41. The fourth-order valence-corrected chi connectivity index (χ4v) is 7.12. The highest BCUT2D eigenvalue weighted by atomic mass is 15.5. The van der Waals surface area contributed by atoms with Gasteiger partial charge in [-0.15, -0.1) is 0 Å². The molecule has 16 heteroatoms. The first-order chi connectivity index (χ1) is 23.6. The van der Waals surface area contributed by atoms with E-state index in [9.17, 15) is 0 Å². The Morgan fingerprint density at radius 1 is 0.771 bits per heavy atom. The summed E-state index contributed by atoms with van der Waals surface area (Å²) in [6.45, 7) is 2.88. The molecule has 2 fully saturated rings. The number of imidazole rings is 2. The number of anilines is 3. The van der Waals surface area contributed by atoms with E-state index in [1.54, 1.807) is 36.8 Å². The first-order valence-electron chi connectivity index (χ1n) is 16.3. The lowest BCUT2D eigenvalue weighted by atomic mass is 9.90. The van der Waals surface area contributed by atoms with Crippen LogP contribution < -0.4 is 26.8 Å². The smallest absolute Gasteiger partial charge is 0.222 e. The van der Waals surface area contributed by atoms with Crippen molar-refractivity contribution in [3.63, 3.8) is 0 Å². The molecule has 2 aliphatic rings. The number of rotatable bonds is 8. The zero-order valence-electron chi connectivity index (χ0n) is 26.9. The van der Waals surface area contributed by atoms with Crippen LogP contribution in [0.4, 0.5) is 17.7 Å². The number of nitrogens with one attached hydrogen (secondary N) is 3. The van der Waals surface area contributed by atoms with Gasteiger partial charge in [-0.05, 0) is 50.9 Å². The van der Waals surface area contributed by atoms with Gasteiger partial charge in [0.2, 0.25) is 11.9 Å². The van der Waals surface area contributed by atoms with Crippen LogP contribution in [0.5, 0.6) is 0 Å². The number of piperidine rings is 2. The summed E-state index contributed by atoms with van der Waals surface area (Å²) in [6, 6.07) is 4.18. The summed E-state index contributed by atoms with van der Waals surface area (Å²) in [5.41, 5.74) is 5.66. The Hall–Kier alpha value is -5.32. The van der Waals surface area contributed by atoms with Crippen molar-refractivity contribution in [2.24, 2.45) is 5.84 Å². The molecule has 6 aromatic heterocycles. The van der Waals surface area contributed by atoms with Gasteiger partial charge in [-0.1, -0.05) is 0 Å². The Bertz CT molecular complexity index is 2050. The lowest BCUT2D eigenvalue weighted by Crippen LogP contribution is -2.54. The van der Waals surface area contributed by atoms with Crippen molar-refractivity contribution in [3.8, 4) is 22.8 Å². The molecule has 0 aromatic carbocycles. The number of likely N-dealkylation sites (tertiary alicyclic amines) is 1. The summed E-state index contributed by atoms with van der Waals surface area (Å²) in [7, 11) is 3.61. The van der Waals surface area contributed by atoms with Crippen LogP contribution in [0.1, 0.15) is 37.4 Å². The SMILES string of the molecule is CNc1nccc(-c2cnc3c(C4CC(N(N)c5nccn6c(-c7ccnc(NC)n7)cnc56)CCN4C4CCNCC4)nccn23)n1. The Labute approximate surface area is 276 Å². The Morgan fingerprint density at radius 3 is 2.06 bits per heavy atom. The van der Waals surface area contributed by atoms with Gasteiger partial charge in [0, 0.05) is 63.9 Å². The third-order valence-electron chi connectivity index (χ3n) is 9.50. The molecule has 16 nitrogen and oxygen atoms in total. The van der Waals surface area contributed by atoms with Gasteiger partial charge in [0.05, 0.1) is 47.3 Å². The van der Waals surface area contributed by atoms with Crippen molar-refractivity contribution in [1.82, 2.24) is 58.9 Å². The van der Waals surface area contributed by atoms with Crippen LogP contribution in [0.25, 0.3) is 34.1 Å². The molecule has 2 saturated heterocycles. The molecule has 0 amide bonds. The minimum absolute atomic E-state index is 0.00820. The molecule has 2 atom stereocenters. The lowest BCUT2D eigenvalue weighted by Gasteiger charge is -2.46. The summed E-state index contributed by atoms with van der Waals surface area (Å²) < 4.78 is 4.06. The zero-order chi connectivity index (χ0) is 32.6. The Kier molecular flexibility index (Phi) is 7.95. The molecule has 0 saturated carbocycles. The second kappa shape index (κ2) is 12.7. The molecule has 0 bridgehead atoms. The molecule has 2 aliphatic heterocycles. The standard InChI is InChI=1S/C32H38N16/c1-34-31-39-10-5-22(43-31)25-18-41-28-27(37-12-15-46(25)28)24-17-21(7-14-45(24)20-3-8-36-9-4-20)48(33)30-29-42-19-26(47(29)16-13-38-30)23-6-11-40-32(35-2)44-23/h5-6,10-13,15-16,18-21,24,36H,3-4,7-9,14,17,33H2,1-2H3,(H,34,39,43)(H,35,40,44). The van der Waals surface area contributed by atoms with Crippen LogP contribution >= 0.6 is 0 Å². The predicted molar refractivity (Wildman–Crippen MR) is 182 cm³/mol. The van der Waals surface area contributed by atoms with Crippen molar-refractivity contribution < 1.29 is 0 Å². The number of aromatic nitrogens is 10. The third kappa shape index (κ3) is 5.32. The minimum atomic E-state index is -0.0155. The summed E-state index contributed by atoms with van der Waals surface area (Å²) >= 11 is 0. The summed E-state index contributed by atoms with van der Waals surface area (Å²) in [5.74, 6) is 8.71. The van der Waals surface area contributed by atoms with Crippen LogP contribution in [-0.2, 0) is 0 Å². The average molecular weight is 647 g/mol. The molecule has 0 spiro atoms. The normalized spacial score (nSPS) is 19.1. The second-order valence-corrected chi connectivity index (χ2v) is 12.1. The van der Waals surface area contributed by atoms with Crippen molar-refractivity contribution in [1.29, 1.82) is 0 Å². The van der Waals surface area contributed by atoms with Gasteiger partial charge in [0.15, 0.2) is 17.1 Å². The highest BCUT2D eigenvalue weighted by molar-refractivity contribution is 5.70. The number of nitrogens with zero attached hydrogens (tertiary/aromatic N) is 12. The second-order valence-electron chi connectivity index (χ2n) is 12.1. The number of hydrogen-bond acceptors (Lipinski definition) is 14. The fourth-order valence-electron chi connectivity index (χ4n) is 7.12. The molecule has 5 N–H and O–H groups in total. The molecular weight excluding hydrogens is 608 g/mol. The number of hydrazine groups is 1. The maximum Gasteiger partial charge on any atom is 0.222 e. The van der Waals surface area contributed by atoms with E-state index in [4.69, 9.17) is 25.8 Å². The monoisotopic (exact) mass is 646 g/mol. The molecule has 2 unspecified atom stereocenters. The van der Waals surface area contributed by atoms with Crippen LogP contribution in [0, 0.1) is 0 Å². The largest absolute Gasteiger partial charge is 0.357 e. The first-order valence-corrected chi connectivity index (χ1v) is 16.3. The van der Waals surface area contributed by atoms with Gasteiger partial charge < -0.3 is 16.0 Å². The zero-order valence-corrected chi connectivity index (χ0v) is 26.9. The van der Waals surface area contributed by atoms with E-state index < -0.39 is 0 Å². The topological polar surface area (TPSA) is 181 Å². The van der Waals surface area contributed by atoms with Gasteiger partial charge in [0.25, 0.3) is 0 Å². The first kappa shape index (κ1) is 30.0. The maximum absolute atomic E-state index is 7.01. The van der Waals surface area contributed by atoms with Crippen LogP contribution in [0.15, 0.2) is 61.7 Å². The van der Waals surface area contributed by atoms with Crippen molar-refractivity contribution in [2.45, 2.75) is 43.8 Å². The Balaban J connectivity index is 1.15. The van der Waals surface area contributed by atoms with E-state index in [2.05, 4.69) is 45.2 Å². The number of nitrogens with two attached hydrogens (primary N) is 1. The molecule has 48 heavy (non-hydrogen) atoms. The van der Waals surface area contributed by atoms with E-state index in [0.29, 0.717) is 29.4 Å². The molecular formula is C32H38N16. The highest BCUT2D eigenvalue weighted by Crippen LogP contribution is 2.38. The minimum Gasteiger partial charge on any atom is -0.357 e. The van der Waals surface area contributed by atoms with E-state index in [0.717, 1.165) is 79.4 Å². The van der Waals surface area contributed by atoms with Crippen molar-refractivity contribution in [2.75, 3.05) is 49.4 Å². The van der Waals surface area contributed by atoms with Gasteiger partial charge in [-0.25, -0.2) is 40.7 Å².